The van der Waals surface area contributed by atoms with Crippen molar-refractivity contribution in [1.29, 1.82) is 0 Å². The molecule has 0 saturated carbocycles. The molecule has 1 aliphatic carbocycles. The molecule has 3 nitrogen and oxygen atoms in total. The molecule has 84 valence electrons. The molecular weight excluding hydrogens is 190 g/mol. The first-order chi connectivity index (χ1) is 7.09. The van der Waals surface area contributed by atoms with Crippen LogP contribution in [0.5, 0.6) is 0 Å². The molecule has 0 radical (unpaired) electrons. The predicted molar refractivity (Wildman–Crippen MR) is 57.9 cm³/mol. The third kappa shape index (κ3) is 1.93. The number of carbonyl (C=O) groups excluding carboxylic acids is 1. The van der Waals surface area contributed by atoms with Crippen LogP contribution in [0.1, 0.15) is 26.2 Å². The van der Waals surface area contributed by atoms with Crippen LogP contribution in [0.15, 0.2) is 12.2 Å². The van der Waals surface area contributed by atoms with Crippen molar-refractivity contribution in [1.82, 2.24) is 4.90 Å². The summed E-state index contributed by atoms with van der Waals surface area (Å²) in [5.74, 6) is 1.20. The average Bonchev–Trinajstić information content (AvgIpc) is 2.47. The Labute approximate surface area is 90.8 Å². The molecule has 15 heavy (non-hydrogen) atoms. The van der Waals surface area contributed by atoms with Crippen LogP contribution in [0.25, 0.3) is 0 Å². The summed E-state index contributed by atoms with van der Waals surface area (Å²) >= 11 is 0. The molecule has 0 aromatic carbocycles. The summed E-state index contributed by atoms with van der Waals surface area (Å²) in [5, 5.41) is 9.92. The molecular formula is C12H19NO2. The van der Waals surface area contributed by atoms with E-state index in [-0.39, 0.29) is 11.8 Å². The SMILES string of the molecule is CC1C=CC(C2CC(=O)N(C)C2O)CC1. The van der Waals surface area contributed by atoms with E-state index in [2.05, 4.69) is 19.1 Å². The van der Waals surface area contributed by atoms with Gasteiger partial charge in [0.15, 0.2) is 0 Å². The minimum absolute atomic E-state index is 0.0690. The zero-order valence-electron chi connectivity index (χ0n) is 9.39. The van der Waals surface area contributed by atoms with Gasteiger partial charge in [0, 0.05) is 19.4 Å². The monoisotopic (exact) mass is 209 g/mol. The summed E-state index contributed by atoms with van der Waals surface area (Å²) in [4.78, 5) is 12.9. The fourth-order valence-electron chi connectivity index (χ4n) is 2.60. The number of amides is 1. The largest absolute Gasteiger partial charge is 0.373 e. The van der Waals surface area contributed by atoms with E-state index in [1.54, 1.807) is 7.05 Å². The summed E-state index contributed by atoms with van der Waals surface area (Å²) in [7, 11) is 1.68. The first-order valence-electron chi connectivity index (χ1n) is 5.71. The summed E-state index contributed by atoms with van der Waals surface area (Å²) in [5.41, 5.74) is 0. The quantitative estimate of drug-likeness (QED) is 0.663. The van der Waals surface area contributed by atoms with E-state index < -0.39 is 6.23 Å². The lowest BCUT2D eigenvalue weighted by Gasteiger charge is -2.28. The maximum absolute atomic E-state index is 11.4. The standard InChI is InChI=1S/C12H19NO2/c1-8-3-5-9(6-4-8)10-7-11(14)13(2)12(10)15/h3,5,8-10,12,15H,4,6-7H2,1-2H3. The second-order valence-corrected chi connectivity index (χ2v) is 4.89. The van der Waals surface area contributed by atoms with Crippen LogP contribution in [0.3, 0.4) is 0 Å². The fraction of sp³-hybridized carbons (Fsp3) is 0.750. The van der Waals surface area contributed by atoms with Gasteiger partial charge in [-0.15, -0.1) is 0 Å². The highest BCUT2D eigenvalue weighted by atomic mass is 16.3. The highest BCUT2D eigenvalue weighted by Gasteiger charge is 2.40. The Kier molecular flexibility index (Phi) is 2.83. The first kappa shape index (κ1) is 10.7. The zero-order chi connectivity index (χ0) is 11.0. The van der Waals surface area contributed by atoms with E-state index in [1.807, 2.05) is 0 Å². The number of rotatable bonds is 1. The molecule has 4 unspecified atom stereocenters. The molecule has 1 N–H and O–H groups in total. The Morgan fingerprint density at radius 1 is 1.40 bits per heavy atom. The summed E-state index contributed by atoms with van der Waals surface area (Å²) < 4.78 is 0. The molecule has 1 aliphatic heterocycles. The van der Waals surface area contributed by atoms with Crippen LogP contribution in [0, 0.1) is 17.8 Å². The lowest BCUT2D eigenvalue weighted by atomic mass is 9.80. The van der Waals surface area contributed by atoms with Gasteiger partial charge in [-0.2, -0.15) is 0 Å². The normalized spacial score (nSPS) is 41.3. The highest BCUT2D eigenvalue weighted by molar-refractivity contribution is 5.78. The van der Waals surface area contributed by atoms with Crippen molar-refractivity contribution in [2.45, 2.75) is 32.4 Å². The Morgan fingerprint density at radius 2 is 2.13 bits per heavy atom. The third-order valence-corrected chi connectivity index (χ3v) is 3.78. The topological polar surface area (TPSA) is 40.5 Å². The summed E-state index contributed by atoms with van der Waals surface area (Å²) in [6.45, 7) is 2.20. The van der Waals surface area contributed by atoms with Gasteiger partial charge in [-0.05, 0) is 24.7 Å². The van der Waals surface area contributed by atoms with Gasteiger partial charge in [0.05, 0.1) is 0 Å². The van der Waals surface area contributed by atoms with Crippen LogP contribution in [-0.4, -0.2) is 29.2 Å². The van der Waals surface area contributed by atoms with Gasteiger partial charge >= 0.3 is 0 Å². The maximum atomic E-state index is 11.4. The van der Waals surface area contributed by atoms with E-state index in [9.17, 15) is 9.90 Å². The molecule has 2 rings (SSSR count). The number of hydrogen-bond acceptors (Lipinski definition) is 2. The van der Waals surface area contributed by atoms with E-state index in [4.69, 9.17) is 0 Å². The van der Waals surface area contributed by atoms with Crippen LogP contribution in [0.2, 0.25) is 0 Å². The second kappa shape index (κ2) is 3.97. The predicted octanol–water partition coefficient (Wildman–Crippen LogP) is 1.39. The van der Waals surface area contributed by atoms with Crippen molar-refractivity contribution in [2.75, 3.05) is 7.05 Å². The number of nitrogens with zero attached hydrogens (tertiary/aromatic N) is 1. The molecule has 0 aromatic rings. The molecule has 2 aliphatic rings. The second-order valence-electron chi connectivity index (χ2n) is 4.89. The number of allylic oxidation sites excluding steroid dienone is 2. The van der Waals surface area contributed by atoms with E-state index in [0.717, 1.165) is 6.42 Å². The van der Waals surface area contributed by atoms with Gasteiger partial charge < -0.3 is 10.0 Å². The number of carbonyl (C=O) groups is 1. The van der Waals surface area contributed by atoms with Crippen LogP contribution >= 0.6 is 0 Å². The van der Waals surface area contributed by atoms with Crippen molar-refractivity contribution in [3.8, 4) is 0 Å². The van der Waals surface area contributed by atoms with Gasteiger partial charge in [0.1, 0.15) is 6.23 Å². The van der Waals surface area contributed by atoms with Crippen molar-refractivity contribution in [2.24, 2.45) is 17.8 Å². The highest BCUT2D eigenvalue weighted by Crippen LogP contribution is 2.35. The van der Waals surface area contributed by atoms with Crippen LogP contribution in [-0.2, 0) is 4.79 Å². The maximum Gasteiger partial charge on any atom is 0.224 e. The minimum atomic E-state index is -0.583. The summed E-state index contributed by atoms with van der Waals surface area (Å²) in [6, 6.07) is 0. The Hall–Kier alpha value is -0.830. The molecule has 1 saturated heterocycles. The molecule has 0 bridgehead atoms. The van der Waals surface area contributed by atoms with Gasteiger partial charge in [0.2, 0.25) is 5.91 Å². The first-order valence-corrected chi connectivity index (χ1v) is 5.71. The van der Waals surface area contributed by atoms with Crippen molar-refractivity contribution >= 4 is 5.91 Å². The molecule has 3 heteroatoms. The van der Waals surface area contributed by atoms with Gasteiger partial charge in [-0.3, -0.25) is 4.79 Å². The smallest absolute Gasteiger partial charge is 0.224 e. The molecule has 4 atom stereocenters. The lowest BCUT2D eigenvalue weighted by Crippen LogP contribution is -2.33. The molecule has 1 amide bonds. The van der Waals surface area contributed by atoms with Crippen LogP contribution in [0.4, 0.5) is 0 Å². The Bertz CT molecular complexity index is 287. The fourth-order valence-corrected chi connectivity index (χ4v) is 2.60. The number of aliphatic hydroxyl groups excluding tert-OH is 1. The summed E-state index contributed by atoms with van der Waals surface area (Å²) in [6.07, 6.45) is 6.59. The van der Waals surface area contributed by atoms with E-state index in [1.165, 1.54) is 11.3 Å². The molecule has 1 fully saturated rings. The van der Waals surface area contributed by atoms with E-state index >= 15 is 0 Å². The Morgan fingerprint density at radius 3 is 2.60 bits per heavy atom. The van der Waals surface area contributed by atoms with Crippen LogP contribution < -0.4 is 0 Å². The van der Waals surface area contributed by atoms with Gasteiger partial charge in [-0.1, -0.05) is 19.1 Å². The van der Waals surface area contributed by atoms with Crippen molar-refractivity contribution in [3.05, 3.63) is 12.2 Å². The van der Waals surface area contributed by atoms with E-state index in [0.29, 0.717) is 18.3 Å². The van der Waals surface area contributed by atoms with Crippen molar-refractivity contribution < 1.29 is 9.90 Å². The van der Waals surface area contributed by atoms with Crippen molar-refractivity contribution in [3.63, 3.8) is 0 Å². The molecule has 1 heterocycles. The van der Waals surface area contributed by atoms with Gasteiger partial charge in [0.25, 0.3) is 0 Å². The minimum Gasteiger partial charge on any atom is -0.373 e. The Balaban J connectivity index is 2.06. The number of likely N-dealkylation sites (tertiary alicyclic amines) is 1. The lowest BCUT2D eigenvalue weighted by molar-refractivity contribution is -0.131. The average molecular weight is 209 g/mol. The zero-order valence-corrected chi connectivity index (χ0v) is 9.39. The number of hydrogen-bond donors (Lipinski definition) is 1. The molecule has 0 spiro atoms. The number of aliphatic hydroxyl groups is 1. The molecule has 0 aromatic heterocycles. The van der Waals surface area contributed by atoms with Gasteiger partial charge in [-0.25, -0.2) is 0 Å². The third-order valence-electron chi connectivity index (χ3n) is 3.78.